The van der Waals surface area contributed by atoms with Gasteiger partial charge in [-0.05, 0) is 74.1 Å². The van der Waals surface area contributed by atoms with E-state index in [1.54, 1.807) is 18.5 Å². The third kappa shape index (κ3) is 5.67. The smallest absolute Gasteiger partial charge is 0.321 e. The highest BCUT2D eigenvalue weighted by molar-refractivity contribution is 7.87. The van der Waals surface area contributed by atoms with Crippen LogP contribution in [0.5, 0.6) is 11.8 Å². The number of anilines is 1. The van der Waals surface area contributed by atoms with Crippen molar-refractivity contribution < 1.29 is 8.95 Å². The van der Waals surface area contributed by atoms with Gasteiger partial charge in [-0.1, -0.05) is 32.4 Å². The molecule has 0 aliphatic heterocycles. The first-order valence-electron chi connectivity index (χ1n) is 12.8. The second-order valence-corrected chi connectivity index (χ2v) is 10.4. The van der Waals surface area contributed by atoms with E-state index in [9.17, 15) is 4.21 Å². The third-order valence-electron chi connectivity index (χ3n) is 6.62. The molecule has 192 valence electrons. The van der Waals surface area contributed by atoms with Gasteiger partial charge in [0.2, 0.25) is 0 Å². The number of benzene rings is 2. The predicted octanol–water partition coefficient (Wildman–Crippen LogP) is 7.33. The van der Waals surface area contributed by atoms with E-state index in [0.29, 0.717) is 17.3 Å². The number of rotatable bonds is 7. The summed E-state index contributed by atoms with van der Waals surface area (Å²) in [4.78, 5) is 8.35. The number of nitrogens with zero attached hydrogens (tertiary/aromatic N) is 4. The lowest BCUT2D eigenvalue weighted by molar-refractivity contribution is 0.442. The van der Waals surface area contributed by atoms with E-state index >= 15 is 0 Å². The molecule has 37 heavy (non-hydrogen) atoms. The molecule has 2 saturated carbocycles. The molecule has 6 rings (SSSR count). The highest BCUT2D eigenvalue weighted by atomic mass is 32.2. The van der Waals surface area contributed by atoms with Crippen LogP contribution in [0.25, 0.3) is 22.2 Å². The van der Waals surface area contributed by atoms with Crippen molar-refractivity contribution in [3.63, 3.8) is 0 Å². The van der Waals surface area contributed by atoms with Crippen LogP contribution in [0.3, 0.4) is 0 Å². The zero-order valence-corrected chi connectivity index (χ0v) is 22.4. The van der Waals surface area contributed by atoms with E-state index in [0.717, 1.165) is 24.3 Å². The van der Waals surface area contributed by atoms with E-state index in [-0.39, 0.29) is 0 Å². The molecule has 0 radical (unpaired) electrons. The van der Waals surface area contributed by atoms with Gasteiger partial charge in [0.05, 0.1) is 16.5 Å². The Bertz CT molecular complexity index is 1370. The monoisotopic (exact) mass is 515 g/mol. The van der Waals surface area contributed by atoms with Crippen LogP contribution in [-0.2, 0) is 11.0 Å². The Balaban J connectivity index is 0.000000765. The van der Waals surface area contributed by atoms with Crippen molar-refractivity contribution in [1.82, 2.24) is 14.5 Å². The van der Waals surface area contributed by atoms with Gasteiger partial charge < -0.3 is 14.0 Å². The summed E-state index contributed by atoms with van der Waals surface area (Å²) >= 11 is 0. The first-order chi connectivity index (χ1) is 18.2. The van der Waals surface area contributed by atoms with Gasteiger partial charge in [-0.15, -0.1) is 0 Å². The van der Waals surface area contributed by atoms with Crippen molar-refractivity contribution in [3.8, 4) is 29.6 Å². The van der Waals surface area contributed by atoms with Crippen LogP contribution >= 0.6 is 0 Å². The molecule has 2 aromatic heterocycles. The minimum Gasteiger partial charge on any atom is -0.424 e. The van der Waals surface area contributed by atoms with Crippen molar-refractivity contribution >= 4 is 27.6 Å². The summed E-state index contributed by atoms with van der Waals surface area (Å²) in [5.41, 5.74) is 5.76. The van der Waals surface area contributed by atoms with E-state index < -0.39 is 11.0 Å². The molecular weight excluding hydrogens is 482 g/mol. The van der Waals surface area contributed by atoms with Crippen LogP contribution in [0.4, 0.5) is 5.69 Å². The summed E-state index contributed by atoms with van der Waals surface area (Å²) in [5, 5.41) is 8.02. The first kappa shape index (κ1) is 26.4. The number of ether oxygens (including phenoxy) is 1. The third-order valence-corrected chi connectivity index (χ3v) is 8.14. The summed E-state index contributed by atoms with van der Waals surface area (Å²) in [6.07, 6.45) is 9.02. The van der Waals surface area contributed by atoms with Crippen molar-refractivity contribution in [2.45, 2.75) is 64.2 Å². The number of aryl methyl sites for hydroxylation is 1. The second kappa shape index (κ2) is 12.0. The molecule has 1 N–H and O–H groups in total. The Morgan fingerprint density at radius 2 is 1.70 bits per heavy atom. The van der Waals surface area contributed by atoms with Crippen LogP contribution < -0.4 is 9.46 Å². The zero-order chi connectivity index (χ0) is 26.4. The largest absolute Gasteiger partial charge is 0.424 e. The fraction of sp³-hybridized carbons (Fsp3) is 0.345. The van der Waals surface area contributed by atoms with E-state index in [2.05, 4.69) is 57.0 Å². The normalized spacial score (nSPS) is 15.4. The Kier molecular flexibility index (Phi) is 8.57. The lowest BCUT2D eigenvalue weighted by Gasteiger charge is -2.24. The quantitative estimate of drug-likeness (QED) is 0.278. The van der Waals surface area contributed by atoms with Crippen molar-refractivity contribution in [2.75, 3.05) is 4.72 Å². The number of fused-ring (bicyclic) bond motifs is 1. The zero-order valence-electron chi connectivity index (χ0n) is 21.6. The molecule has 7 nitrogen and oxygen atoms in total. The van der Waals surface area contributed by atoms with Crippen molar-refractivity contribution in [2.24, 2.45) is 0 Å². The van der Waals surface area contributed by atoms with Gasteiger partial charge in [0, 0.05) is 42.1 Å². The minimum absolute atomic E-state index is 0.294. The number of aromatic nitrogens is 3. The van der Waals surface area contributed by atoms with E-state index in [1.807, 2.05) is 32.0 Å². The molecule has 0 amide bonds. The molecule has 2 aliphatic carbocycles. The van der Waals surface area contributed by atoms with Gasteiger partial charge in [-0.3, -0.25) is 0 Å². The van der Waals surface area contributed by atoms with Gasteiger partial charge in [-0.2, -0.15) is 0 Å². The summed E-state index contributed by atoms with van der Waals surface area (Å²) in [6.45, 7) is 9.69. The van der Waals surface area contributed by atoms with Crippen LogP contribution in [0.15, 0.2) is 60.9 Å². The molecule has 4 aromatic rings. The van der Waals surface area contributed by atoms with Crippen LogP contribution in [0.2, 0.25) is 0 Å². The number of hydrogen-bond acceptors (Lipinski definition) is 5. The minimum atomic E-state index is -0.998. The van der Waals surface area contributed by atoms with Gasteiger partial charge in [0.25, 0.3) is 0 Å². The standard InChI is InChI=1S/C26H26N4O2S.C2H6.CHN/c1-17-23-13-12-21(32-26-27-14-3-15-28-26)16-24(23)30(20-10-11-20)25(17)18-6-8-19(9-7-18)29-33(31)22-4-2-5-22;2*1-2/h3,6-9,12-16,20,22,29H,2,4-5,10-11H2,1H3;1-2H3;1H. The predicted molar refractivity (Wildman–Crippen MR) is 150 cm³/mol. The lowest BCUT2D eigenvalue weighted by Crippen LogP contribution is -2.27. The average Bonchev–Trinajstić information content (AvgIpc) is 3.70. The number of nitrogens with one attached hydrogen (secondary N) is 1. The molecule has 1 unspecified atom stereocenters. The Labute approximate surface area is 221 Å². The summed E-state index contributed by atoms with van der Waals surface area (Å²) in [7, 11) is -0.998. The van der Waals surface area contributed by atoms with Crippen molar-refractivity contribution in [1.29, 1.82) is 5.26 Å². The first-order valence-corrected chi connectivity index (χ1v) is 14.0. The molecule has 8 heteroatoms. The number of hydrogen-bond donors (Lipinski definition) is 1. The van der Waals surface area contributed by atoms with Gasteiger partial charge in [0.1, 0.15) is 16.7 Å². The van der Waals surface area contributed by atoms with Gasteiger partial charge in [0.15, 0.2) is 0 Å². The summed E-state index contributed by atoms with van der Waals surface area (Å²) < 4.78 is 24.0. The van der Waals surface area contributed by atoms with Crippen LogP contribution in [0.1, 0.15) is 57.6 Å². The summed E-state index contributed by atoms with van der Waals surface area (Å²) in [5.74, 6) is 0.734. The van der Waals surface area contributed by atoms with Gasteiger partial charge >= 0.3 is 6.01 Å². The maximum atomic E-state index is 12.4. The fourth-order valence-corrected chi connectivity index (χ4v) is 5.81. The van der Waals surface area contributed by atoms with Gasteiger partial charge in [-0.25, -0.2) is 19.4 Å². The van der Waals surface area contributed by atoms with E-state index in [1.165, 1.54) is 47.0 Å². The summed E-state index contributed by atoms with van der Waals surface area (Å²) in [6, 6.07) is 17.2. The highest BCUT2D eigenvalue weighted by Gasteiger charge is 2.30. The molecule has 2 heterocycles. The molecule has 2 fully saturated rings. The Morgan fingerprint density at radius 1 is 1.03 bits per heavy atom. The number of nitriles is 1. The maximum Gasteiger partial charge on any atom is 0.321 e. The Hall–Kier alpha value is -3.70. The van der Waals surface area contributed by atoms with Crippen LogP contribution in [-0.4, -0.2) is 24.0 Å². The molecular formula is C29H33N5O2S. The maximum absolute atomic E-state index is 12.4. The van der Waals surface area contributed by atoms with E-state index in [4.69, 9.17) is 10.00 Å². The molecule has 1 atom stereocenters. The molecule has 2 aliphatic rings. The topological polar surface area (TPSA) is 92.8 Å². The average molecular weight is 516 g/mol. The molecule has 0 saturated heterocycles. The lowest BCUT2D eigenvalue weighted by atomic mass is 10.0. The fourth-order valence-electron chi connectivity index (χ4n) is 4.51. The van der Waals surface area contributed by atoms with Crippen molar-refractivity contribution in [3.05, 3.63) is 66.5 Å². The highest BCUT2D eigenvalue weighted by Crippen LogP contribution is 2.45. The molecule has 2 aromatic carbocycles. The Morgan fingerprint density at radius 3 is 2.30 bits per heavy atom. The molecule has 0 bridgehead atoms. The molecule has 0 spiro atoms. The SMILES string of the molecule is C#N.CC.Cc1c(-c2ccc(NS(=O)C3CCC3)cc2)n(C2CC2)c2cc(Oc3ncccn3)ccc12. The van der Waals surface area contributed by atoms with Crippen LogP contribution in [0, 0.1) is 18.8 Å². The second-order valence-electron chi connectivity index (χ2n) is 8.92.